The van der Waals surface area contributed by atoms with Gasteiger partial charge in [0.15, 0.2) is 18.4 Å². The van der Waals surface area contributed by atoms with Crippen LogP contribution in [0.1, 0.15) is 31.1 Å². The van der Waals surface area contributed by atoms with E-state index in [-0.39, 0.29) is 17.7 Å². The summed E-state index contributed by atoms with van der Waals surface area (Å²) in [7, 11) is 0. The molecular weight excluding hydrogens is 496 g/mol. The molecule has 3 aromatic carbocycles. The molecule has 0 aromatic heterocycles. The SMILES string of the molecule is O=C(OC[C@H]1O[C@@H](NN=C=S)[C@H](OC(=O)c2ccccc2)[C@@H]1OC(=O)c1ccccc1)c1ccccc1. The van der Waals surface area contributed by atoms with Gasteiger partial charge < -0.3 is 18.9 Å². The maximum Gasteiger partial charge on any atom is 0.338 e. The third kappa shape index (κ3) is 6.65. The molecule has 0 radical (unpaired) electrons. The number of hydrogen-bond donors (Lipinski definition) is 1. The molecule has 1 aliphatic rings. The van der Waals surface area contributed by atoms with E-state index < -0.39 is 42.4 Å². The number of nitrogens with zero attached hydrogens (tertiary/aromatic N) is 1. The zero-order chi connectivity index (χ0) is 26.0. The van der Waals surface area contributed by atoms with E-state index in [0.29, 0.717) is 5.56 Å². The highest BCUT2D eigenvalue weighted by Gasteiger charge is 2.50. The van der Waals surface area contributed by atoms with E-state index in [0.717, 1.165) is 0 Å². The molecule has 0 bridgehead atoms. The van der Waals surface area contributed by atoms with Gasteiger partial charge in [-0.05, 0) is 48.6 Å². The molecule has 9 nitrogen and oxygen atoms in total. The molecular formula is C27H22N2O7S. The second-order valence-corrected chi connectivity index (χ2v) is 8.05. The molecule has 0 unspecified atom stereocenters. The number of carbonyl (C=O) groups excluding carboxylic acids is 3. The van der Waals surface area contributed by atoms with Gasteiger partial charge >= 0.3 is 17.9 Å². The number of ether oxygens (including phenoxy) is 4. The van der Waals surface area contributed by atoms with Crippen molar-refractivity contribution < 1.29 is 33.3 Å². The van der Waals surface area contributed by atoms with Gasteiger partial charge in [0.2, 0.25) is 0 Å². The van der Waals surface area contributed by atoms with E-state index in [9.17, 15) is 14.4 Å². The van der Waals surface area contributed by atoms with Crippen LogP contribution in [0.2, 0.25) is 0 Å². The zero-order valence-electron chi connectivity index (χ0n) is 19.4. The van der Waals surface area contributed by atoms with Crippen molar-refractivity contribution in [3.05, 3.63) is 108 Å². The average Bonchev–Trinajstić information content (AvgIpc) is 3.27. The molecule has 188 valence electrons. The molecule has 10 heteroatoms. The van der Waals surface area contributed by atoms with Crippen LogP contribution in [-0.2, 0) is 18.9 Å². The molecule has 0 spiro atoms. The Labute approximate surface area is 218 Å². The van der Waals surface area contributed by atoms with Crippen LogP contribution in [0.3, 0.4) is 0 Å². The van der Waals surface area contributed by atoms with Crippen LogP contribution in [-0.4, -0.2) is 54.2 Å². The lowest BCUT2D eigenvalue weighted by molar-refractivity contribution is -0.0475. The van der Waals surface area contributed by atoms with E-state index in [4.69, 9.17) is 18.9 Å². The first-order valence-electron chi connectivity index (χ1n) is 11.3. The lowest BCUT2D eigenvalue weighted by Gasteiger charge is -2.24. The number of thiocarbonyl (C=S) groups is 1. The summed E-state index contributed by atoms with van der Waals surface area (Å²) < 4.78 is 22.8. The van der Waals surface area contributed by atoms with Crippen LogP contribution in [0.15, 0.2) is 96.1 Å². The molecule has 1 fully saturated rings. The summed E-state index contributed by atoms with van der Waals surface area (Å²) in [6.07, 6.45) is -4.38. The standard InChI is InChI=1S/C27H22N2O7S/c30-25(18-10-4-1-5-11-18)33-16-21-22(35-26(31)19-12-6-2-7-13-19)23(24(34-21)29-28-17-37)36-27(32)20-14-8-3-9-15-20/h1-15,21-24,29H,16H2/t21-,22-,23-,24-/m1/s1. The van der Waals surface area contributed by atoms with Gasteiger partial charge in [-0.15, -0.1) is 5.10 Å². The highest BCUT2D eigenvalue weighted by atomic mass is 32.1. The summed E-state index contributed by atoms with van der Waals surface area (Å²) in [5, 5.41) is 5.84. The first-order chi connectivity index (χ1) is 18.1. The van der Waals surface area contributed by atoms with Crippen molar-refractivity contribution in [3.63, 3.8) is 0 Å². The zero-order valence-corrected chi connectivity index (χ0v) is 20.2. The molecule has 0 saturated carbocycles. The average molecular weight is 519 g/mol. The van der Waals surface area contributed by atoms with Crippen LogP contribution >= 0.6 is 12.2 Å². The van der Waals surface area contributed by atoms with Crippen LogP contribution in [0.25, 0.3) is 0 Å². The molecule has 4 rings (SSSR count). The summed E-state index contributed by atoms with van der Waals surface area (Å²) in [6, 6.07) is 25.0. The van der Waals surface area contributed by atoms with Crippen molar-refractivity contribution in [2.45, 2.75) is 24.5 Å². The van der Waals surface area contributed by atoms with Crippen LogP contribution in [0, 0.1) is 0 Å². The maximum atomic E-state index is 12.9. The minimum Gasteiger partial charge on any atom is -0.459 e. The van der Waals surface area contributed by atoms with Gasteiger partial charge in [0.25, 0.3) is 0 Å². The molecule has 1 heterocycles. The van der Waals surface area contributed by atoms with Crippen molar-refractivity contribution >= 4 is 35.3 Å². The molecule has 3 aromatic rings. The topological polar surface area (TPSA) is 113 Å². The molecule has 1 N–H and O–H groups in total. The monoisotopic (exact) mass is 518 g/mol. The number of isothiocyanates is 1. The fourth-order valence-electron chi connectivity index (χ4n) is 3.67. The molecule has 1 saturated heterocycles. The Kier molecular flexibility index (Phi) is 8.72. The largest absolute Gasteiger partial charge is 0.459 e. The third-order valence-corrected chi connectivity index (χ3v) is 5.53. The molecule has 0 aliphatic carbocycles. The number of nitrogens with one attached hydrogen (secondary N) is 1. The third-order valence-electron chi connectivity index (χ3n) is 5.44. The van der Waals surface area contributed by atoms with Crippen molar-refractivity contribution in [2.75, 3.05) is 6.61 Å². The smallest absolute Gasteiger partial charge is 0.338 e. The Bertz CT molecular complexity index is 1270. The van der Waals surface area contributed by atoms with Gasteiger partial charge in [-0.25, -0.2) is 14.4 Å². The van der Waals surface area contributed by atoms with Gasteiger partial charge in [0.05, 0.1) is 21.9 Å². The highest BCUT2D eigenvalue weighted by molar-refractivity contribution is 7.78. The number of esters is 3. The van der Waals surface area contributed by atoms with Gasteiger partial charge in [-0.2, -0.15) is 0 Å². The van der Waals surface area contributed by atoms with Crippen molar-refractivity contribution in [3.8, 4) is 0 Å². The normalized spacial score (nSPS) is 20.2. The quantitative estimate of drug-likeness (QED) is 0.149. The van der Waals surface area contributed by atoms with Gasteiger partial charge in [0, 0.05) is 0 Å². The summed E-state index contributed by atoms with van der Waals surface area (Å²) in [6.45, 7) is -0.292. The van der Waals surface area contributed by atoms with Gasteiger partial charge in [0.1, 0.15) is 12.7 Å². The van der Waals surface area contributed by atoms with E-state index in [1.165, 1.54) is 0 Å². The predicted octanol–water partition coefficient (Wildman–Crippen LogP) is 3.63. The van der Waals surface area contributed by atoms with Gasteiger partial charge in [-0.3, -0.25) is 5.43 Å². The summed E-state index contributed by atoms with van der Waals surface area (Å²) >= 11 is 4.62. The van der Waals surface area contributed by atoms with E-state index in [1.807, 2.05) is 0 Å². The maximum absolute atomic E-state index is 12.9. The van der Waals surface area contributed by atoms with E-state index in [1.54, 1.807) is 91.0 Å². The lowest BCUT2D eigenvalue weighted by Crippen LogP contribution is -2.44. The van der Waals surface area contributed by atoms with E-state index in [2.05, 4.69) is 27.9 Å². The Morgan fingerprint density at radius 3 is 1.70 bits per heavy atom. The molecule has 37 heavy (non-hydrogen) atoms. The second-order valence-electron chi connectivity index (χ2n) is 7.86. The minimum atomic E-state index is -1.16. The molecule has 1 aliphatic heterocycles. The first kappa shape index (κ1) is 25.7. The summed E-state index contributed by atoms with van der Waals surface area (Å²) in [4.78, 5) is 38.3. The predicted molar refractivity (Wildman–Crippen MR) is 135 cm³/mol. The minimum absolute atomic E-state index is 0.281. The first-order valence-corrected chi connectivity index (χ1v) is 11.7. The number of rotatable bonds is 9. The molecule has 0 amide bonds. The van der Waals surface area contributed by atoms with Crippen molar-refractivity contribution in [2.24, 2.45) is 5.10 Å². The Morgan fingerprint density at radius 2 is 1.22 bits per heavy atom. The fourth-order valence-corrected chi connectivity index (χ4v) is 3.73. The van der Waals surface area contributed by atoms with Crippen LogP contribution in [0.4, 0.5) is 0 Å². The van der Waals surface area contributed by atoms with Crippen molar-refractivity contribution in [1.29, 1.82) is 0 Å². The Hall–Kier alpha value is -4.37. The van der Waals surface area contributed by atoms with Crippen molar-refractivity contribution in [1.82, 2.24) is 5.43 Å². The number of benzene rings is 3. The highest BCUT2D eigenvalue weighted by Crippen LogP contribution is 2.28. The lowest BCUT2D eigenvalue weighted by atomic mass is 10.1. The van der Waals surface area contributed by atoms with E-state index >= 15 is 0 Å². The Balaban J connectivity index is 1.58. The summed E-state index contributed by atoms with van der Waals surface area (Å²) in [5.41, 5.74) is 3.51. The number of hydrogen-bond acceptors (Lipinski definition) is 10. The molecule has 4 atom stereocenters. The Morgan fingerprint density at radius 1 is 0.757 bits per heavy atom. The second kappa shape index (κ2) is 12.5. The summed E-state index contributed by atoms with van der Waals surface area (Å²) in [5.74, 6) is -1.94. The van der Waals surface area contributed by atoms with Gasteiger partial charge in [-0.1, -0.05) is 54.6 Å². The van der Waals surface area contributed by atoms with Crippen LogP contribution in [0.5, 0.6) is 0 Å². The fraction of sp³-hybridized carbons (Fsp3) is 0.185. The number of carbonyl (C=O) groups is 3. The van der Waals surface area contributed by atoms with Crippen LogP contribution < -0.4 is 5.43 Å². The number of hydrazone groups is 1.